The predicted octanol–water partition coefficient (Wildman–Crippen LogP) is 5.35. The Morgan fingerprint density at radius 3 is 2.82 bits per heavy atom. The lowest BCUT2D eigenvalue weighted by molar-refractivity contribution is 0.0695. The fourth-order valence-electron chi connectivity index (χ4n) is 3.85. The van der Waals surface area contributed by atoms with Crippen LogP contribution in [0.25, 0.3) is 11.4 Å². The van der Waals surface area contributed by atoms with Gasteiger partial charge in [-0.25, -0.2) is 4.39 Å². The van der Waals surface area contributed by atoms with E-state index in [1.165, 1.54) is 19.2 Å². The monoisotopic (exact) mass is 473 g/mol. The molecule has 7 nitrogen and oxygen atoms in total. The molecule has 0 bridgehead atoms. The van der Waals surface area contributed by atoms with Crippen LogP contribution in [0.3, 0.4) is 0 Å². The molecule has 4 rings (SSSR count). The fraction of sp³-hybridized carbons (Fsp3) is 0.375. The highest BCUT2D eigenvalue weighted by atomic mass is 35.5. The second-order valence-electron chi connectivity index (χ2n) is 7.89. The van der Waals surface area contributed by atoms with Crippen LogP contribution in [0.15, 0.2) is 40.9 Å². The van der Waals surface area contributed by atoms with Crippen LogP contribution in [0.4, 0.5) is 4.39 Å². The van der Waals surface area contributed by atoms with E-state index >= 15 is 0 Å². The van der Waals surface area contributed by atoms with Crippen molar-refractivity contribution in [3.05, 3.63) is 58.7 Å². The summed E-state index contributed by atoms with van der Waals surface area (Å²) in [4.78, 5) is 19.5. The Kier molecular flexibility index (Phi) is 7.13. The van der Waals surface area contributed by atoms with Gasteiger partial charge in [0.1, 0.15) is 5.82 Å². The lowest BCUT2D eigenvalue weighted by atomic mass is 9.97. The van der Waals surface area contributed by atoms with E-state index in [4.69, 9.17) is 25.6 Å². The molecule has 1 aliphatic rings. The van der Waals surface area contributed by atoms with Gasteiger partial charge in [-0.1, -0.05) is 23.7 Å². The van der Waals surface area contributed by atoms with Gasteiger partial charge in [-0.15, -0.1) is 0 Å². The van der Waals surface area contributed by atoms with Gasteiger partial charge in [0, 0.05) is 24.2 Å². The highest BCUT2D eigenvalue weighted by molar-refractivity contribution is 6.32. The Morgan fingerprint density at radius 1 is 1.30 bits per heavy atom. The zero-order valence-corrected chi connectivity index (χ0v) is 19.3. The summed E-state index contributed by atoms with van der Waals surface area (Å²) in [5.41, 5.74) is 1.10. The van der Waals surface area contributed by atoms with E-state index in [1.807, 2.05) is 6.92 Å². The molecule has 174 valence electrons. The molecule has 33 heavy (non-hydrogen) atoms. The number of methoxy groups -OCH3 is 1. The Balaban J connectivity index is 1.50. The Labute approximate surface area is 196 Å². The van der Waals surface area contributed by atoms with E-state index in [0.29, 0.717) is 59.1 Å². The zero-order chi connectivity index (χ0) is 23.4. The number of benzene rings is 2. The molecule has 1 aliphatic heterocycles. The average Bonchev–Trinajstić information content (AvgIpc) is 3.33. The van der Waals surface area contributed by atoms with Crippen LogP contribution >= 0.6 is 11.6 Å². The summed E-state index contributed by atoms with van der Waals surface area (Å²) in [6, 6.07) is 9.18. The largest absolute Gasteiger partial charge is 0.493 e. The van der Waals surface area contributed by atoms with Crippen LogP contribution in [0.1, 0.15) is 48.4 Å². The molecular weight excluding hydrogens is 449 g/mol. The van der Waals surface area contributed by atoms with Gasteiger partial charge in [0.25, 0.3) is 5.91 Å². The molecule has 1 atom stereocenters. The van der Waals surface area contributed by atoms with Crippen LogP contribution in [-0.2, 0) is 0 Å². The topological polar surface area (TPSA) is 77.7 Å². The molecule has 1 saturated heterocycles. The number of likely N-dealkylation sites (tertiary alicyclic amines) is 1. The minimum absolute atomic E-state index is 0.0890. The van der Waals surface area contributed by atoms with Gasteiger partial charge in [0.2, 0.25) is 11.7 Å². The number of piperidine rings is 1. The molecule has 1 fully saturated rings. The van der Waals surface area contributed by atoms with Crippen LogP contribution in [0.5, 0.6) is 11.5 Å². The summed E-state index contributed by atoms with van der Waals surface area (Å²) in [5.74, 6) is 1.15. The first-order valence-corrected chi connectivity index (χ1v) is 11.3. The van der Waals surface area contributed by atoms with Crippen molar-refractivity contribution in [3.8, 4) is 22.9 Å². The summed E-state index contributed by atoms with van der Waals surface area (Å²) < 4.78 is 29.7. The first-order chi connectivity index (χ1) is 16.0. The Bertz CT molecular complexity index is 1120. The van der Waals surface area contributed by atoms with Crippen molar-refractivity contribution in [2.75, 3.05) is 26.8 Å². The summed E-state index contributed by atoms with van der Waals surface area (Å²) in [6.07, 6.45) is 2.45. The highest BCUT2D eigenvalue weighted by Crippen LogP contribution is 2.37. The van der Waals surface area contributed by atoms with Crippen molar-refractivity contribution in [2.24, 2.45) is 0 Å². The second kappa shape index (κ2) is 10.2. The lowest BCUT2D eigenvalue weighted by Crippen LogP contribution is -2.39. The van der Waals surface area contributed by atoms with Crippen molar-refractivity contribution >= 4 is 17.5 Å². The molecule has 1 amide bonds. The van der Waals surface area contributed by atoms with Crippen molar-refractivity contribution in [2.45, 2.75) is 32.1 Å². The molecule has 1 aromatic heterocycles. The molecule has 0 radical (unpaired) electrons. The van der Waals surface area contributed by atoms with E-state index < -0.39 is 0 Å². The number of hydrogen-bond acceptors (Lipinski definition) is 6. The maximum Gasteiger partial charge on any atom is 0.254 e. The number of rotatable bonds is 7. The van der Waals surface area contributed by atoms with Crippen molar-refractivity contribution in [1.82, 2.24) is 15.0 Å². The zero-order valence-electron chi connectivity index (χ0n) is 18.5. The SMILES string of the molecule is CCCOc1c(Cl)cc(C(=O)N2CCC[C@H](c3nc(-c4ccc(F)cc4)no3)C2)cc1OC. The summed E-state index contributed by atoms with van der Waals surface area (Å²) in [7, 11) is 1.52. The molecular formula is C24H25ClFN3O4. The standard InChI is InChI=1S/C24H25ClFN3O4/c1-3-11-32-21-19(25)12-17(13-20(21)31-2)24(30)29-10-4-5-16(14-29)23-27-22(28-33-23)15-6-8-18(26)9-7-15/h6-9,12-13,16H,3-5,10-11,14H2,1-2H3/t16-/m0/s1. The number of amides is 1. The maximum atomic E-state index is 13.2. The molecule has 3 aromatic rings. The molecule has 2 aromatic carbocycles. The number of nitrogens with zero attached hydrogens (tertiary/aromatic N) is 3. The quantitative estimate of drug-likeness (QED) is 0.460. The summed E-state index contributed by atoms with van der Waals surface area (Å²) in [5, 5.41) is 4.36. The Morgan fingerprint density at radius 2 is 2.09 bits per heavy atom. The van der Waals surface area contributed by atoms with Crippen LogP contribution in [-0.4, -0.2) is 47.8 Å². The van der Waals surface area contributed by atoms with E-state index in [0.717, 1.165) is 19.3 Å². The minimum atomic E-state index is -0.328. The average molecular weight is 474 g/mol. The van der Waals surface area contributed by atoms with Crippen molar-refractivity contribution < 1.29 is 23.2 Å². The number of ether oxygens (including phenoxy) is 2. The predicted molar refractivity (Wildman–Crippen MR) is 121 cm³/mol. The number of carbonyl (C=O) groups excluding carboxylic acids is 1. The van der Waals surface area contributed by atoms with Gasteiger partial charge in [-0.3, -0.25) is 4.79 Å². The van der Waals surface area contributed by atoms with E-state index in [1.54, 1.807) is 29.2 Å². The summed E-state index contributed by atoms with van der Waals surface area (Å²) in [6.45, 7) is 3.55. The normalized spacial score (nSPS) is 16.0. The van der Waals surface area contributed by atoms with Crippen LogP contribution in [0.2, 0.25) is 5.02 Å². The van der Waals surface area contributed by atoms with E-state index in [-0.39, 0.29) is 17.6 Å². The lowest BCUT2D eigenvalue weighted by Gasteiger charge is -2.31. The van der Waals surface area contributed by atoms with Crippen LogP contribution < -0.4 is 9.47 Å². The first kappa shape index (κ1) is 23.0. The minimum Gasteiger partial charge on any atom is -0.493 e. The first-order valence-electron chi connectivity index (χ1n) is 10.9. The molecule has 9 heteroatoms. The number of carbonyl (C=O) groups is 1. The van der Waals surface area contributed by atoms with Crippen molar-refractivity contribution in [3.63, 3.8) is 0 Å². The van der Waals surface area contributed by atoms with Gasteiger partial charge >= 0.3 is 0 Å². The number of hydrogen-bond donors (Lipinski definition) is 0. The third-order valence-electron chi connectivity index (χ3n) is 5.53. The molecule has 0 saturated carbocycles. The highest BCUT2D eigenvalue weighted by Gasteiger charge is 2.30. The molecule has 0 aliphatic carbocycles. The fourth-order valence-corrected chi connectivity index (χ4v) is 4.12. The molecule has 0 unspecified atom stereocenters. The smallest absolute Gasteiger partial charge is 0.254 e. The Hall–Kier alpha value is -3.13. The van der Waals surface area contributed by atoms with Gasteiger partial charge < -0.3 is 18.9 Å². The maximum absolute atomic E-state index is 13.2. The second-order valence-corrected chi connectivity index (χ2v) is 8.30. The molecule has 0 spiro atoms. The van der Waals surface area contributed by atoms with Gasteiger partial charge in [0.05, 0.1) is 24.7 Å². The molecule has 2 heterocycles. The van der Waals surface area contributed by atoms with E-state index in [2.05, 4.69) is 10.1 Å². The van der Waals surface area contributed by atoms with Gasteiger partial charge in [-0.2, -0.15) is 4.98 Å². The van der Waals surface area contributed by atoms with E-state index in [9.17, 15) is 9.18 Å². The van der Waals surface area contributed by atoms with Gasteiger partial charge in [0.15, 0.2) is 11.5 Å². The molecule has 0 N–H and O–H groups in total. The van der Waals surface area contributed by atoms with Crippen LogP contribution in [0, 0.1) is 5.82 Å². The number of aromatic nitrogens is 2. The third-order valence-corrected chi connectivity index (χ3v) is 5.81. The number of halogens is 2. The van der Waals surface area contributed by atoms with Gasteiger partial charge in [-0.05, 0) is 55.7 Å². The summed E-state index contributed by atoms with van der Waals surface area (Å²) >= 11 is 6.39. The van der Waals surface area contributed by atoms with Crippen molar-refractivity contribution in [1.29, 1.82) is 0 Å². The third kappa shape index (κ3) is 5.11.